The third-order valence-electron chi connectivity index (χ3n) is 4.78. The molecule has 0 radical (unpaired) electrons. The number of benzene rings is 2. The monoisotopic (exact) mass is 432 g/mol. The minimum Gasteiger partial charge on any atom is -0.493 e. The molecule has 8 nitrogen and oxygen atoms in total. The molecule has 3 aromatic rings. The molecular weight excluding hydrogens is 408 g/mol. The van der Waals surface area contributed by atoms with Gasteiger partial charge in [0.1, 0.15) is 0 Å². The number of aryl methyl sites for hydroxylation is 1. The Morgan fingerprint density at radius 3 is 2.27 bits per heavy atom. The van der Waals surface area contributed by atoms with Gasteiger partial charge < -0.3 is 19.6 Å². The summed E-state index contributed by atoms with van der Waals surface area (Å²) in [6, 6.07) is 11.4. The Balaban J connectivity index is 2.03. The number of aliphatic hydroxyl groups excluding tert-OH is 1. The average molecular weight is 432 g/mol. The highest BCUT2D eigenvalue weighted by atomic mass is 32.2. The Hall–Kier alpha value is -2.88. The first-order valence-electron chi connectivity index (χ1n) is 9.25. The molecule has 0 saturated carbocycles. The van der Waals surface area contributed by atoms with Crippen molar-refractivity contribution in [1.29, 1.82) is 0 Å². The second-order valence-electron chi connectivity index (χ2n) is 6.79. The summed E-state index contributed by atoms with van der Waals surface area (Å²) in [4.78, 5) is 15.5. The third kappa shape index (κ3) is 4.33. The zero-order valence-corrected chi connectivity index (χ0v) is 17.8. The number of H-pyrrole nitrogens is 1. The molecule has 3 rings (SSSR count). The number of methoxy groups -OCH3 is 2. The maximum absolute atomic E-state index is 13.1. The minimum absolute atomic E-state index is 0.102. The summed E-state index contributed by atoms with van der Waals surface area (Å²) in [7, 11) is -0.890. The van der Waals surface area contributed by atoms with E-state index in [1.54, 1.807) is 30.3 Å². The van der Waals surface area contributed by atoms with Gasteiger partial charge in [-0.1, -0.05) is 17.7 Å². The van der Waals surface area contributed by atoms with Crippen LogP contribution in [-0.2, 0) is 16.6 Å². The van der Waals surface area contributed by atoms with Gasteiger partial charge in [0, 0.05) is 30.1 Å². The number of aliphatic hydroxyl groups is 1. The van der Waals surface area contributed by atoms with Gasteiger partial charge in [0.2, 0.25) is 10.0 Å². The van der Waals surface area contributed by atoms with Crippen molar-refractivity contribution < 1.29 is 23.0 Å². The Kier molecular flexibility index (Phi) is 6.45. The lowest BCUT2D eigenvalue weighted by Gasteiger charge is -2.21. The van der Waals surface area contributed by atoms with Crippen molar-refractivity contribution in [1.82, 2.24) is 9.29 Å². The topological polar surface area (TPSA) is 109 Å². The Morgan fingerprint density at radius 1 is 1.03 bits per heavy atom. The number of pyridine rings is 1. The third-order valence-corrected chi connectivity index (χ3v) is 6.64. The van der Waals surface area contributed by atoms with Crippen LogP contribution in [0.2, 0.25) is 0 Å². The molecule has 2 N–H and O–H groups in total. The summed E-state index contributed by atoms with van der Waals surface area (Å²) in [6.07, 6.45) is 0. The number of nitrogens with one attached hydrogen (secondary N) is 1. The number of nitrogens with zero attached hydrogens (tertiary/aromatic N) is 1. The molecule has 9 heteroatoms. The molecule has 0 saturated heterocycles. The Morgan fingerprint density at radius 2 is 1.67 bits per heavy atom. The Bertz CT molecular complexity index is 1200. The summed E-state index contributed by atoms with van der Waals surface area (Å²) < 4.78 is 37.8. The van der Waals surface area contributed by atoms with E-state index in [4.69, 9.17) is 9.47 Å². The summed E-state index contributed by atoms with van der Waals surface area (Å²) in [5.41, 5.74) is 1.30. The van der Waals surface area contributed by atoms with Crippen LogP contribution in [-0.4, -0.2) is 50.2 Å². The minimum atomic E-state index is -3.90. The molecule has 0 amide bonds. The first kappa shape index (κ1) is 21.8. The molecule has 0 bridgehead atoms. The number of hydrogen-bond donors (Lipinski definition) is 2. The molecule has 0 aliphatic rings. The van der Waals surface area contributed by atoms with Gasteiger partial charge in [-0.3, -0.25) is 4.79 Å². The largest absolute Gasteiger partial charge is 0.493 e. The lowest BCUT2D eigenvalue weighted by Crippen LogP contribution is -2.35. The van der Waals surface area contributed by atoms with Crippen molar-refractivity contribution in [2.24, 2.45) is 0 Å². The number of aromatic nitrogens is 1. The van der Waals surface area contributed by atoms with Crippen LogP contribution in [0.5, 0.6) is 11.5 Å². The SMILES string of the molecule is COc1cc2cc(CN(CCO)S(=O)(=O)c3ccc(C)cc3)c(=O)[nH]c2cc1OC. The molecule has 1 heterocycles. The predicted octanol–water partition coefficient (Wildman–Crippen LogP) is 2.04. The van der Waals surface area contributed by atoms with Crippen molar-refractivity contribution in [2.45, 2.75) is 18.4 Å². The molecule has 0 spiro atoms. The van der Waals surface area contributed by atoms with Crippen LogP contribution in [0.25, 0.3) is 10.9 Å². The average Bonchev–Trinajstić information content (AvgIpc) is 2.73. The van der Waals surface area contributed by atoms with Gasteiger partial charge >= 0.3 is 0 Å². The van der Waals surface area contributed by atoms with Gasteiger partial charge in [0.05, 0.1) is 31.2 Å². The van der Waals surface area contributed by atoms with E-state index in [1.165, 1.54) is 26.4 Å². The molecule has 0 unspecified atom stereocenters. The molecule has 160 valence electrons. The molecule has 0 aliphatic carbocycles. The van der Waals surface area contributed by atoms with Crippen LogP contribution in [0, 0.1) is 6.92 Å². The number of sulfonamides is 1. The lowest BCUT2D eigenvalue weighted by molar-refractivity contribution is 0.251. The number of ether oxygens (including phenoxy) is 2. The fraction of sp³-hybridized carbons (Fsp3) is 0.286. The van der Waals surface area contributed by atoms with E-state index >= 15 is 0 Å². The highest BCUT2D eigenvalue weighted by Gasteiger charge is 2.25. The normalized spacial score (nSPS) is 11.8. The van der Waals surface area contributed by atoms with Crippen LogP contribution < -0.4 is 15.0 Å². The number of hydrogen-bond acceptors (Lipinski definition) is 6. The van der Waals surface area contributed by atoms with E-state index in [0.29, 0.717) is 22.4 Å². The quantitative estimate of drug-likeness (QED) is 0.564. The van der Waals surface area contributed by atoms with Gasteiger partial charge in [-0.2, -0.15) is 4.31 Å². The van der Waals surface area contributed by atoms with Crippen molar-refractivity contribution in [3.8, 4) is 11.5 Å². The molecule has 30 heavy (non-hydrogen) atoms. The zero-order valence-electron chi connectivity index (χ0n) is 17.0. The second-order valence-corrected chi connectivity index (χ2v) is 8.73. The summed E-state index contributed by atoms with van der Waals surface area (Å²) >= 11 is 0. The predicted molar refractivity (Wildman–Crippen MR) is 114 cm³/mol. The molecule has 0 fully saturated rings. The van der Waals surface area contributed by atoms with Crippen LogP contribution in [0.4, 0.5) is 0 Å². The maximum atomic E-state index is 13.1. The molecule has 0 aliphatic heterocycles. The summed E-state index contributed by atoms with van der Waals surface area (Å²) in [5, 5.41) is 10.1. The van der Waals surface area contributed by atoms with Crippen molar-refractivity contribution >= 4 is 20.9 Å². The zero-order chi connectivity index (χ0) is 21.9. The second kappa shape index (κ2) is 8.86. The van der Waals surface area contributed by atoms with E-state index in [1.807, 2.05) is 6.92 Å². The molecule has 1 aromatic heterocycles. The number of fused-ring (bicyclic) bond motifs is 1. The molecular formula is C21H24N2O6S. The van der Waals surface area contributed by atoms with Crippen molar-refractivity contribution in [3.63, 3.8) is 0 Å². The number of aromatic amines is 1. The van der Waals surface area contributed by atoms with Crippen molar-refractivity contribution in [3.05, 3.63) is 63.9 Å². The van der Waals surface area contributed by atoms with Gasteiger partial charge in [-0.05, 0) is 31.2 Å². The smallest absolute Gasteiger partial charge is 0.252 e. The highest BCUT2D eigenvalue weighted by molar-refractivity contribution is 7.89. The van der Waals surface area contributed by atoms with Crippen LogP contribution >= 0.6 is 0 Å². The van der Waals surface area contributed by atoms with Gasteiger partial charge in [0.15, 0.2) is 11.5 Å². The van der Waals surface area contributed by atoms with Crippen LogP contribution in [0.3, 0.4) is 0 Å². The molecule has 2 aromatic carbocycles. The highest BCUT2D eigenvalue weighted by Crippen LogP contribution is 2.31. The van der Waals surface area contributed by atoms with Crippen LogP contribution in [0.15, 0.2) is 52.2 Å². The van der Waals surface area contributed by atoms with Gasteiger partial charge in [-0.15, -0.1) is 0 Å². The van der Waals surface area contributed by atoms with Gasteiger partial charge in [-0.25, -0.2) is 8.42 Å². The fourth-order valence-electron chi connectivity index (χ4n) is 3.14. The van der Waals surface area contributed by atoms with E-state index in [2.05, 4.69) is 4.98 Å². The van der Waals surface area contributed by atoms with Crippen molar-refractivity contribution in [2.75, 3.05) is 27.4 Å². The first-order valence-corrected chi connectivity index (χ1v) is 10.7. The van der Waals surface area contributed by atoms with Crippen LogP contribution in [0.1, 0.15) is 11.1 Å². The summed E-state index contributed by atoms with van der Waals surface area (Å²) in [5.74, 6) is 0.958. The lowest BCUT2D eigenvalue weighted by atomic mass is 10.1. The van der Waals surface area contributed by atoms with Gasteiger partial charge in [0.25, 0.3) is 5.56 Å². The number of rotatable bonds is 8. The maximum Gasteiger partial charge on any atom is 0.252 e. The van der Waals surface area contributed by atoms with E-state index < -0.39 is 15.6 Å². The molecule has 0 atom stereocenters. The standard InChI is InChI=1S/C21H24N2O6S/c1-14-4-6-17(7-5-14)30(26,27)23(8-9-24)13-16-10-15-11-19(28-2)20(29-3)12-18(15)22-21(16)25/h4-7,10-12,24H,8-9,13H2,1-3H3,(H,22,25). The van der Waals surface area contributed by atoms with E-state index in [0.717, 1.165) is 9.87 Å². The Labute approximate surface area is 174 Å². The summed E-state index contributed by atoms with van der Waals surface area (Å²) in [6.45, 7) is 1.16. The fourth-order valence-corrected chi connectivity index (χ4v) is 4.55. The first-order chi connectivity index (χ1) is 14.3. The van der Waals surface area contributed by atoms with E-state index in [-0.39, 0.29) is 30.2 Å². The van der Waals surface area contributed by atoms with E-state index in [9.17, 15) is 18.3 Å².